The Morgan fingerprint density at radius 1 is 1.12 bits per heavy atom. The minimum atomic E-state index is 0.355. The Kier molecular flexibility index (Phi) is 3.75. The third-order valence-electron chi connectivity index (χ3n) is 4.95. The Labute approximate surface area is 155 Å². The second-order valence-electron chi connectivity index (χ2n) is 6.57. The van der Waals surface area contributed by atoms with Gasteiger partial charge in [0.15, 0.2) is 0 Å². The van der Waals surface area contributed by atoms with Gasteiger partial charge >= 0.3 is 0 Å². The molecule has 2 aliphatic rings. The Hall–Kier alpha value is -1.91. The topological polar surface area (TPSA) is 34.2 Å². The van der Waals surface area contributed by atoms with Crippen molar-refractivity contribution in [3.63, 3.8) is 0 Å². The van der Waals surface area contributed by atoms with Gasteiger partial charge in [-0.25, -0.2) is 0 Å². The molecule has 3 aromatic rings. The van der Waals surface area contributed by atoms with Gasteiger partial charge in [0.05, 0.1) is 22.3 Å². The van der Waals surface area contributed by atoms with Gasteiger partial charge in [0.1, 0.15) is 5.75 Å². The van der Waals surface area contributed by atoms with Gasteiger partial charge in [-0.1, -0.05) is 11.6 Å². The third kappa shape index (κ3) is 2.64. The van der Waals surface area contributed by atoms with E-state index >= 15 is 0 Å². The summed E-state index contributed by atoms with van der Waals surface area (Å²) in [6.45, 7) is 0. The summed E-state index contributed by atoms with van der Waals surface area (Å²) in [4.78, 5) is 5.72. The lowest BCUT2D eigenvalue weighted by molar-refractivity contribution is 0.210. The molecule has 0 amide bonds. The molecule has 5 heteroatoms. The number of fused-ring (bicyclic) bond motifs is 5. The molecule has 0 radical (unpaired) electrons. The van der Waals surface area contributed by atoms with E-state index in [1.54, 1.807) is 18.1 Å². The summed E-state index contributed by atoms with van der Waals surface area (Å²) in [6, 6.07) is 12.3. The molecule has 0 unspecified atom stereocenters. The zero-order valence-corrected chi connectivity index (χ0v) is 15.2. The van der Waals surface area contributed by atoms with Crippen LogP contribution in [0.1, 0.15) is 25.7 Å². The van der Waals surface area contributed by atoms with Gasteiger partial charge in [0, 0.05) is 27.6 Å². The van der Waals surface area contributed by atoms with Crippen molar-refractivity contribution in [1.29, 1.82) is 0 Å². The lowest BCUT2D eigenvalue weighted by Crippen LogP contribution is -2.11. The molecule has 1 N–H and O–H groups in total. The van der Waals surface area contributed by atoms with Crippen molar-refractivity contribution < 1.29 is 4.74 Å². The van der Waals surface area contributed by atoms with E-state index in [4.69, 9.17) is 16.3 Å². The number of nitrogens with zero attached hydrogens (tertiary/aromatic N) is 1. The van der Waals surface area contributed by atoms with Crippen LogP contribution in [0.15, 0.2) is 47.5 Å². The van der Waals surface area contributed by atoms with E-state index in [-0.39, 0.29) is 0 Å². The molecule has 126 valence electrons. The van der Waals surface area contributed by atoms with Crippen LogP contribution in [0.25, 0.3) is 22.0 Å². The van der Waals surface area contributed by atoms with Gasteiger partial charge in [-0.15, -0.1) is 0 Å². The van der Waals surface area contributed by atoms with Crippen molar-refractivity contribution in [1.82, 2.24) is 4.98 Å². The fraction of sp³-hybridized carbons (Fsp3) is 0.250. The summed E-state index contributed by atoms with van der Waals surface area (Å²) >= 11 is 8.15. The molecule has 0 atom stereocenters. The van der Waals surface area contributed by atoms with Crippen LogP contribution in [-0.4, -0.2) is 11.1 Å². The predicted molar refractivity (Wildman–Crippen MR) is 105 cm³/mol. The maximum absolute atomic E-state index is 6.53. The van der Waals surface area contributed by atoms with Crippen LogP contribution in [0.2, 0.25) is 5.02 Å². The molecule has 1 aliphatic carbocycles. The normalized spacial score (nSPS) is 16.4. The SMILES string of the molecule is Clc1cc2c(c3ncccc13)NSc1ccc(OC3CCCC3)cc1-2. The first-order chi connectivity index (χ1) is 12.3. The number of nitrogens with one attached hydrogen (secondary N) is 1. The molecule has 5 rings (SSSR count). The van der Waals surface area contributed by atoms with E-state index < -0.39 is 0 Å². The predicted octanol–water partition coefficient (Wildman–Crippen LogP) is 6.31. The zero-order chi connectivity index (χ0) is 16.8. The van der Waals surface area contributed by atoms with Gasteiger partial charge < -0.3 is 9.46 Å². The summed E-state index contributed by atoms with van der Waals surface area (Å²) < 4.78 is 9.63. The molecule has 3 nitrogen and oxygen atoms in total. The van der Waals surface area contributed by atoms with E-state index in [2.05, 4.69) is 27.9 Å². The van der Waals surface area contributed by atoms with Gasteiger partial charge in [-0.05, 0) is 74.0 Å². The van der Waals surface area contributed by atoms with E-state index in [1.807, 2.05) is 18.2 Å². The Morgan fingerprint density at radius 3 is 2.88 bits per heavy atom. The Bertz CT molecular complexity index is 969. The smallest absolute Gasteiger partial charge is 0.120 e. The third-order valence-corrected chi connectivity index (χ3v) is 6.15. The molecule has 1 fully saturated rings. The van der Waals surface area contributed by atoms with Gasteiger partial charge in [-0.2, -0.15) is 0 Å². The summed E-state index contributed by atoms with van der Waals surface area (Å²) in [7, 11) is 0. The van der Waals surface area contributed by atoms with E-state index in [9.17, 15) is 0 Å². The lowest BCUT2D eigenvalue weighted by atomic mass is 10.0. The monoisotopic (exact) mass is 368 g/mol. The van der Waals surface area contributed by atoms with Crippen molar-refractivity contribution in [2.45, 2.75) is 36.7 Å². The molecule has 0 bridgehead atoms. The summed E-state index contributed by atoms with van der Waals surface area (Å²) in [5, 5.41) is 1.70. The summed E-state index contributed by atoms with van der Waals surface area (Å²) in [5.74, 6) is 0.941. The minimum Gasteiger partial charge on any atom is -0.490 e. The number of hydrogen-bond acceptors (Lipinski definition) is 4. The molecule has 25 heavy (non-hydrogen) atoms. The Morgan fingerprint density at radius 2 is 2.00 bits per heavy atom. The van der Waals surface area contributed by atoms with Crippen LogP contribution in [0.3, 0.4) is 0 Å². The first kappa shape index (κ1) is 15.4. The Balaban J connectivity index is 1.63. The highest BCUT2D eigenvalue weighted by Gasteiger charge is 2.23. The van der Waals surface area contributed by atoms with Crippen molar-refractivity contribution in [3.05, 3.63) is 47.6 Å². The number of ether oxygens (including phenoxy) is 1. The largest absolute Gasteiger partial charge is 0.490 e. The number of hydrogen-bond donors (Lipinski definition) is 1. The number of aromatic nitrogens is 1. The van der Waals surface area contributed by atoms with Crippen molar-refractivity contribution in [2.24, 2.45) is 0 Å². The van der Waals surface area contributed by atoms with Crippen LogP contribution >= 0.6 is 23.5 Å². The number of benzene rings is 2. The lowest BCUT2D eigenvalue weighted by Gasteiger charge is -2.23. The average Bonchev–Trinajstić information content (AvgIpc) is 3.15. The quantitative estimate of drug-likeness (QED) is 0.537. The molecule has 0 spiro atoms. The molecule has 1 aromatic heterocycles. The number of pyridine rings is 1. The van der Waals surface area contributed by atoms with Crippen LogP contribution < -0.4 is 9.46 Å². The van der Waals surface area contributed by atoms with Gasteiger partial charge in [0.2, 0.25) is 0 Å². The molecule has 1 saturated carbocycles. The number of anilines is 1. The molecule has 2 heterocycles. The fourth-order valence-corrected chi connectivity index (χ4v) is 4.80. The van der Waals surface area contributed by atoms with E-state index in [1.165, 1.54) is 17.7 Å². The molecular formula is C20H17ClN2OS. The molecule has 0 saturated heterocycles. The highest BCUT2D eigenvalue weighted by atomic mass is 35.5. The number of halogens is 1. The van der Waals surface area contributed by atoms with Gasteiger partial charge in [0.25, 0.3) is 0 Å². The van der Waals surface area contributed by atoms with Crippen LogP contribution in [0.4, 0.5) is 5.69 Å². The summed E-state index contributed by atoms with van der Waals surface area (Å²) in [6.07, 6.45) is 7.01. The van der Waals surface area contributed by atoms with Crippen LogP contribution in [0.5, 0.6) is 5.75 Å². The standard InChI is InChI=1S/C20H17ClN2OS/c21-17-11-16-15-10-13(24-12-4-1-2-5-12)7-8-18(15)25-23-20(16)19-14(17)6-3-9-22-19/h3,6-12,23H,1-2,4-5H2. The minimum absolute atomic E-state index is 0.355. The second kappa shape index (κ2) is 6.11. The molecular weight excluding hydrogens is 352 g/mol. The van der Waals surface area contributed by atoms with E-state index in [0.29, 0.717) is 6.10 Å². The first-order valence-electron chi connectivity index (χ1n) is 8.61. The van der Waals surface area contributed by atoms with E-state index in [0.717, 1.165) is 51.3 Å². The summed E-state index contributed by atoms with van der Waals surface area (Å²) in [5.41, 5.74) is 4.17. The molecule has 1 aliphatic heterocycles. The maximum atomic E-state index is 6.53. The molecule has 2 aromatic carbocycles. The van der Waals surface area contributed by atoms with Gasteiger partial charge in [-0.3, -0.25) is 4.98 Å². The highest BCUT2D eigenvalue weighted by molar-refractivity contribution is 8.00. The van der Waals surface area contributed by atoms with Crippen LogP contribution in [-0.2, 0) is 0 Å². The van der Waals surface area contributed by atoms with Crippen molar-refractivity contribution >= 4 is 40.1 Å². The second-order valence-corrected chi connectivity index (χ2v) is 7.82. The van der Waals surface area contributed by atoms with Crippen molar-refractivity contribution in [3.8, 4) is 16.9 Å². The zero-order valence-electron chi connectivity index (χ0n) is 13.6. The van der Waals surface area contributed by atoms with Crippen molar-refractivity contribution in [2.75, 3.05) is 4.72 Å². The first-order valence-corrected chi connectivity index (χ1v) is 9.80. The maximum Gasteiger partial charge on any atom is 0.120 e. The number of rotatable bonds is 2. The van der Waals surface area contributed by atoms with Crippen LogP contribution in [0, 0.1) is 0 Å². The average molecular weight is 369 g/mol. The fourth-order valence-electron chi connectivity index (χ4n) is 3.70. The highest BCUT2D eigenvalue weighted by Crippen LogP contribution is 2.47.